The van der Waals surface area contributed by atoms with Crippen molar-refractivity contribution in [2.75, 3.05) is 13.7 Å². The molecular weight excluding hydrogens is 298 g/mol. The first-order chi connectivity index (χ1) is 11.8. The Morgan fingerprint density at radius 2 is 1.83 bits per heavy atom. The zero-order valence-electron chi connectivity index (χ0n) is 14.5. The van der Waals surface area contributed by atoms with E-state index >= 15 is 0 Å². The summed E-state index contributed by atoms with van der Waals surface area (Å²) in [6.45, 7) is 4.59. The summed E-state index contributed by atoms with van der Waals surface area (Å²) in [4.78, 5) is 4.73. The maximum atomic E-state index is 5.81. The molecule has 126 valence electrons. The normalized spacial score (nSPS) is 11.1. The molecule has 0 spiro atoms. The summed E-state index contributed by atoms with van der Waals surface area (Å²) in [6.07, 6.45) is 2.10. The quantitative estimate of drug-likeness (QED) is 0.639. The van der Waals surface area contributed by atoms with E-state index in [0.717, 1.165) is 49.6 Å². The van der Waals surface area contributed by atoms with E-state index in [9.17, 15) is 0 Å². The minimum atomic E-state index is 0.747. The highest BCUT2D eigenvalue weighted by Gasteiger charge is 2.09. The Hall–Kier alpha value is -2.33. The second-order valence-corrected chi connectivity index (χ2v) is 6.07. The molecule has 1 heterocycles. The molecule has 0 unspecified atom stereocenters. The maximum Gasteiger partial charge on any atom is 0.123 e. The van der Waals surface area contributed by atoms with E-state index in [-0.39, 0.29) is 0 Å². The third kappa shape index (κ3) is 3.95. The molecule has 2 aromatic carbocycles. The molecule has 0 radical (unpaired) electrons. The van der Waals surface area contributed by atoms with Crippen LogP contribution in [-0.4, -0.2) is 23.2 Å². The molecular formula is C20H25N3O. The van der Waals surface area contributed by atoms with Crippen molar-refractivity contribution in [3.8, 4) is 5.75 Å². The molecule has 3 rings (SSSR count). The van der Waals surface area contributed by atoms with Crippen LogP contribution in [0.2, 0.25) is 0 Å². The topological polar surface area (TPSA) is 39.1 Å². The number of para-hydroxylation sites is 2. The fourth-order valence-electron chi connectivity index (χ4n) is 2.86. The van der Waals surface area contributed by atoms with Crippen LogP contribution in [0.5, 0.6) is 5.75 Å². The fourth-order valence-corrected chi connectivity index (χ4v) is 2.86. The second-order valence-electron chi connectivity index (χ2n) is 6.07. The molecule has 0 aliphatic carbocycles. The predicted molar refractivity (Wildman–Crippen MR) is 98.4 cm³/mol. The lowest BCUT2D eigenvalue weighted by atomic mass is 10.2. The lowest BCUT2D eigenvalue weighted by molar-refractivity contribution is 0.303. The molecule has 0 saturated heterocycles. The van der Waals surface area contributed by atoms with Crippen LogP contribution >= 0.6 is 0 Å². The summed E-state index contributed by atoms with van der Waals surface area (Å²) in [5.74, 6) is 2.04. The summed E-state index contributed by atoms with van der Waals surface area (Å²) in [5.41, 5.74) is 3.53. The van der Waals surface area contributed by atoms with E-state index in [2.05, 4.69) is 47.1 Å². The van der Waals surface area contributed by atoms with Gasteiger partial charge in [0, 0.05) is 6.54 Å². The van der Waals surface area contributed by atoms with Crippen LogP contribution in [0, 0.1) is 6.92 Å². The molecule has 0 fully saturated rings. The largest absolute Gasteiger partial charge is 0.494 e. The molecule has 0 atom stereocenters. The summed E-state index contributed by atoms with van der Waals surface area (Å²) < 4.78 is 8.13. The average molecular weight is 323 g/mol. The lowest BCUT2D eigenvalue weighted by Gasteiger charge is -2.10. The minimum absolute atomic E-state index is 0.747. The standard InChI is InChI=1S/C20H25N3O/c1-16-9-11-17(12-10-16)24-14-6-5-13-23-19-8-4-3-7-18(19)22-20(23)15-21-2/h3-4,7-12,21H,5-6,13-15H2,1-2H3. The number of aromatic nitrogens is 2. The van der Waals surface area contributed by atoms with Gasteiger partial charge in [-0.2, -0.15) is 0 Å². The number of nitrogens with one attached hydrogen (secondary N) is 1. The smallest absolute Gasteiger partial charge is 0.123 e. The van der Waals surface area contributed by atoms with Crippen molar-refractivity contribution in [2.45, 2.75) is 32.9 Å². The van der Waals surface area contributed by atoms with Crippen molar-refractivity contribution in [3.05, 3.63) is 59.9 Å². The van der Waals surface area contributed by atoms with Gasteiger partial charge in [-0.1, -0.05) is 29.8 Å². The van der Waals surface area contributed by atoms with E-state index < -0.39 is 0 Å². The number of unbranched alkanes of at least 4 members (excludes halogenated alkanes) is 1. The Balaban J connectivity index is 1.55. The van der Waals surface area contributed by atoms with Gasteiger partial charge in [-0.15, -0.1) is 0 Å². The molecule has 0 aliphatic heterocycles. The van der Waals surface area contributed by atoms with E-state index in [1.807, 2.05) is 25.2 Å². The number of hydrogen-bond acceptors (Lipinski definition) is 3. The molecule has 4 heteroatoms. The average Bonchev–Trinajstić information content (AvgIpc) is 2.94. The van der Waals surface area contributed by atoms with Gasteiger partial charge in [0.25, 0.3) is 0 Å². The Bertz CT molecular complexity index is 777. The molecule has 0 saturated carbocycles. The molecule has 1 aromatic heterocycles. The number of imidazole rings is 1. The first kappa shape index (κ1) is 16.5. The van der Waals surface area contributed by atoms with Gasteiger partial charge in [-0.05, 0) is 51.1 Å². The Morgan fingerprint density at radius 1 is 1.04 bits per heavy atom. The van der Waals surface area contributed by atoms with Crippen molar-refractivity contribution in [1.82, 2.24) is 14.9 Å². The molecule has 1 N–H and O–H groups in total. The zero-order valence-corrected chi connectivity index (χ0v) is 14.5. The third-order valence-electron chi connectivity index (χ3n) is 4.13. The van der Waals surface area contributed by atoms with Gasteiger partial charge in [-0.25, -0.2) is 4.98 Å². The van der Waals surface area contributed by atoms with Crippen molar-refractivity contribution >= 4 is 11.0 Å². The van der Waals surface area contributed by atoms with Crippen molar-refractivity contribution in [2.24, 2.45) is 0 Å². The molecule has 24 heavy (non-hydrogen) atoms. The van der Waals surface area contributed by atoms with Gasteiger partial charge in [0.05, 0.1) is 24.2 Å². The van der Waals surface area contributed by atoms with E-state index in [4.69, 9.17) is 9.72 Å². The number of fused-ring (bicyclic) bond motifs is 1. The highest BCUT2D eigenvalue weighted by molar-refractivity contribution is 5.75. The first-order valence-corrected chi connectivity index (χ1v) is 8.56. The molecule has 4 nitrogen and oxygen atoms in total. The minimum Gasteiger partial charge on any atom is -0.494 e. The summed E-state index contributed by atoms with van der Waals surface area (Å²) in [5, 5.41) is 3.20. The van der Waals surface area contributed by atoms with Crippen LogP contribution in [0.15, 0.2) is 48.5 Å². The number of hydrogen-bond donors (Lipinski definition) is 1. The Labute approximate surface area is 143 Å². The van der Waals surface area contributed by atoms with Gasteiger partial charge in [0.1, 0.15) is 11.6 Å². The van der Waals surface area contributed by atoms with Gasteiger partial charge in [0.2, 0.25) is 0 Å². The van der Waals surface area contributed by atoms with Crippen LogP contribution in [0.3, 0.4) is 0 Å². The number of rotatable bonds is 8. The number of benzene rings is 2. The van der Waals surface area contributed by atoms with Crippen LogP contribution in [0.25, 0.3) is 11.0 Å². The lowest BCUT2D eigenvalue weighted by Crippen LogP contribution is -2.13. The second kappa shape index (κ2) is 7.97. The molecule has 0 amide bonds. The molecule has 0 aliphatic rings. The van der Waals surface area contributed by atoms with Crippen LogP contribution in [0.4, 0.5) is 0 Å². The Morgan fingerprint density at radius 3 is 2.62 bits per heavy atom. The van der Waals surface area contributed by atoms with E-state index in [1.54, 1.807) is 0 Å². The predicted octanol–water partition coefficient (Wildman–Crippen LogP) is 3.92. The van der Waals surface area contributed by atoms with Gasteiger partial charge >= 0.3 is 0 Å². The van der Waals surface area contributed by atoms with Crippen LogP contribution in [-0.2, 0) is 13.1 Å². The third-order valence-corrected chi connectivity index (χ3v) is 4.13. The van der Waals surface area contributed by atoms with Crippen molar-refractivity contribution < 1.29 is 4.74 Å². The van der Waals surface area contributed by atoms with Gasteiger partial charge in [0.15, 0.2) is 0 Å². The van der Waals surface area contributed by atoms with Gasteiger partial charge < -0.3 is 14.6 Å². The van der Waals surface area contributed by atoms with E-state index in [1.165, 1.54) is 11.1 Å². The van der Waals surface area contributed by atoms with Crippen molar-refractivity contribution in [3.63, 3.8) is 0 Å². The first-order valence-electron chi connectivity index (χ1n) is 8.56. The van der Waals surface area contributed by atoms with Crippen LogP contribution < -0.4 is 10.1 Å². The monoisotopic (exact) mass is 323 g/mol. The van der Waals surface area contributed by atoms with Crippen molar-refractivity contribution in [1.29, 1.82) is 0 Å². The Kier molecular flexibility index (Phi) is 5.49. The number of aryl methyl sites for hydroxylation is 2. The van der Waals surface area contributed by atoms with E-state index in [0.29, 0.717) is 0 Å². The summed E-state index contributed by atoms with van der Waals surface area (Å²) in [7, 11) is 1.96. The number of nitrogens with zero attached hydrogens (tertiary/aromatic N) is 2. The summed E-state index contributed by atoms with van der Waals surface area (Å²) in [6, 6.07) is 16.6. The fraction of sp³-hybridized carbons (Fsp3) is 0.350. The SMILES string of the molecule is CNCc1nc2ccccc2n1CCCCOc1ccc(C)cc1. The zero-order chi connectivity index (χ0) is 16.8. The number of ether oxygens (including phenoxy) is 1. The highest BCUT2D eigenvalue weighted by atomic mass is 16.5. The maximum absolute atomic E-state index is 5.81. The molecule has 0 bridgehead atoms. The molecule has 3 aromatic rings. The highest BCUT2D eigenvalue weighted by Crippen LogP contribution is 2.17. The summed E-state index contributed by atoms with van der Waals surface area (Å²) >= 11 is 0. The van der Waals surface area contributed by atoms with Gasteiger partial charge in [-0.3, -0.25) is 0 Å². The van der Waals surface area contributed by atoms with Crippen LogP contribution in [0.1, 0.15) is 24.2 Å².